The molecule has 6 aromatic rings. The van der Waals surface area contributed by atoms with Gasteiger partial charge in [0.15, 0.2) is 0 Å². The number of para-hydroxylation sites is 1. The van der Waals surface area contributed by atoms with Crippen LogP contribution in [0.2, 0.25) is 0 Å². The van der Waals surface area contributed by atoms with E-state index in [1.54, 1.807) is 60.7 Å². The van der Waals surface area contributed by atoms with Crippen LogP contribution in [0.1, 0.15) is 59.8 Å². The summed E-state index contributed by atoms with van der Waals surface area (Å²) >= 11 is 0. The van der Waals surface area contributed by atoms with Crippen LogP contribution >= 0.6 is 0 Å². The molecule has 0 saturated carbocycles. The molecule has 0 radical (unpaired) electrons. The predicted molar refractivity (Wildman–Crippen MR) is 219 cm³/mol. The van der Waals surface area contributed by atoms with Gasteiger partial charge in [-0.25, -0.2) is 9.59 Å². The minimum absolute atomic E-state index is 0.00622. The van der Waals surface area contributed by atoms with Crippen LogP contribution in [0.25, 0.3) is 11.0 Å². The zero-order valence-corrected chi connectivity index (χ0v) is 32.7. The number of ether oxygens (including phenoxy) is 4. The number of phenolic OH excluding ortho intramolecular Hbond substituents is 1. The molecule has 6 rings (SSSR count). The van der Waals surface area contributed by atoms with Crippen LogP contribution in [0.5, 0.6) is 23.0 Å². The molecule has 0 fully saturated rings. The van der Waals surface area contributed by atoms with E-state index < -0.39 is 35.8 Å². The molecular weight excluding hydrogens is 741 g/mol. The van der Waals surface area contributed by atoms with Gasteiger partial charge in [0, 0.05) is 16.2 Å². The number of hydrogen-bond donors (Lipinski definition) is 4. The predicted octanol–water partition coefficient (Wildman–Crippen LogP) is 6.93. The van der Waals surface area contributed by atoms with E-state index in [-0.39, 0.29) is 43.2 Å². The van der Waals surface area contributed by atoms with Crippen LogP contribution < -0.4 is 19.8 Å². The van der Waals surface area contributed by atoms with E-state index in [1.165, 1.54) is 6.07 Å². The zero-order valence-electron chi connectivity index (χ0n) is 32.7. The SMILES string of the molecule is CC(C)(c1ccc(O)cc1)c1ccc(OCC(O)COc2ccc(C(C)(CCOC(=O)c3cc4ccccc4oc3=O)c3ccc(OCC(O)CO)cc3)cc2)cc1. The van der Waals surface area contributed by atoms with E-state index in [0.717, 1.165) is 22.3 Å². The van der Waals surface area contributed by atoms with Crippen LogP contribution in [0.15, 0.2) is 137 Å². The first kappa shape index (κ1) is 41.5. The lowest BCUT2D eigenvalue weighted by Crippen LogP contribution is -2.27. The van der Waals surface area contributed by atoms with Crippen LogP contribution in [-0.2, 0) is 15.6 Å². The molecule has 1 heterocycles. The molecule has 3 unspecified atom stereocenters. The van der Waals surface area contributed by atoms with E-state index in [4.69, 9.17) is 28.5 Å². The smallest absolute Gasteiger partial charge is 0.351 e. The Morgan fingerprint density at radius 1 is 0.655 bits per heavy atom. The highest BCUT2D eigenvalue weighted by Gasteiger charge is 2.30. The van der Waals surface area contributed by atoms with Gasteiger partial charge in [0.25, 0.3) is 0 Å². The molecule has 11 heteroatoms. The number of aliphatic hydroxyl groups excluding tert-OH is 3. The van der Waals surface area contributed by atoms with Gasteiger partial charge < -0.3 is 43.8 Å². The van der Waals surface area contributed by atoms with Crippen molar-refractivity contribution in [3.8, 4) is 23.0 Å². The molecule has 5 aromatic carbocycles. The molecule has 0 aliphatic rings. The molecule has 4 N–H and O–H groups in total. The largest absolute Gasteiger partial charge is 0.508 e. The normalized spacial score (nSPS) is 13.6. The molecule has 0 aliphatic carbocycles. The Balaban J connectivity index is 1.08. The third-order valence-electron chi connectivity index (χ3n) is 10.4. The second kappa shape index (κ2) is 18.4. The maximum atomic E-state index is 13.1. The number of esters is 1. The maximum absolute atomic E-state index is 13.1. The topological polar surface area (TPSA) is 165 Å². The van der Waals surface area contributed by atoms with Crippen LogP contribution in [0.3, 0.4) is 0 Å². The van der Waals surface area contributed by atoms with Gasteiger partial charge >= 0.3 is 11.6 Å². The molecule has 11 nitrogen and oxygen atoms in total. The fourth-order valence-electron chi connectivity index (χ4n) is 6.61. The minimum Gasteiger partial charge on any atom is -0.508 e. The summed E-state index contributed by atoms with van der Waals surface area (Å²) in [6.07, 6.45) is -1.57. The van der Waals surface area contributed by atoms with Crippen molar-refractivity contribution in [2.75, 3.05) is 33.0 Å². The van der Waals surface area contributed by atoms with Gasteiger partial charge in [-0.2, -0.15) is 0 Å². The molecule has 0 spiro atoms. The van der Waals surface area contributed by atoms with Crippen molar-refractivity contribution in [3.63, 3.8) is 0 Å². The summed E-state index contributed by atoms with van der Waals surface area (Å²) in [5.41, 5.74) is 2.32. The average molecular weight is 789 g/mol. The van der Waals surface area contributed by atoms with Gasteiger partial charge in [0.1, 0.15) is 66.2 Å². The molecule has 302 valence electrons. The Bertz CT molecular complexity index is 2320. The molecule has 58 heavy (non-hydrogen) atoms. The van der Waals surface area contributed by atoms with Crippen molar-refractivity contribution in [3.05, 3.63) is 166 Å². The van der Waals surface area contributed by atoms with Gasteiger partial charge in [0.05, 0.1) is 13.2 Å². The fraction of sp³-hybridized carbons (Fsp3) is 0.277. The summed E-state index contributed by atoms with van der Waals surface area (Å²) in [4.78, 5) is 25.7. The van der Waals surface area contributed by atoms with Crippen molar-refractivity contribution in [2.45, 2.75) is 50.2 Å². The minimum atomic E-state index is -1.01. The number of rotatable bonds is 18. The van der Waals surface area contributed by atoms with E-state index >= 15 is 0 Å². The lowest BCUT2D eigenvalue weighted by atomic mass is 9.74. The van der Waals surface area contributed by atoms with E-state index in [9.17, 15) is 24.9 Å². The van der Waals surface area contributed by atoms with Gasteiger partial charge in [-0.3, -0.25) is 0 Å². The third kappa shape index (κ3) is 10.0. The van der Waals surface area contributed by atoms with Crippen LogP contribution in [-0.4, -0.2) is 71.6 Å². The Hall–Kier alpha value is -6.14. The lowest BCUT2D eigenvalue weighted by molar-refractivity contribution is 0.0478. The standard InChI is InChI=1S/C47H48O11/c1-46(2,32-8-16-36(49)17-9-32)33-10-18-39(19-11-33)56-29-38(51)30-57-41-22-14-35(15-23-41)47(3,34-12-20-40(21-13-34)55-28-37(50)27-48)24-25-54-44(52)42-26-31-6-4-5-7-43(31)58-45(42)53/h4-23,26,37-38,48-51H,24-25,27-30H2,1-3H3. The van der Waals surface area contributed by atoms with Crippen LogP contribution in [0, 0.1) is 0 Å². The summed E-state index contributed by atoms with van der Waals surface area (Å²) < 4.78 is 28.3. The zero-order chi connectivity index (χ0) is 41.3. The summed E-state index contributed by atoms with van der Waals surface area (Å²) in [7, 11) is 0. The Morgan fingerprint density at radius 3 is 1.64 bits per heavy atom. The summed E-state index contributed by atoms with van der Waals surface area (Å²) in [5, 5.41) is 39.8. The van der Waals surface area contributed by atoms with Gasteiger partial charge in [-0.1, -0.05) is 87.5 Å². The van der Waals surface area contributed by atoms with Crippen molar-refractivity contribution in [1.82, 2.24) is 0 Å². The number of carbonyl (C=O) groups is 1. The molecule has 3 atom stereocenters. The second-order valence-electron chi connectivity index (χ2n) is 14.9. The van der Waals surface area contributed by atoms with E-state index in [2.05, 4.69) is 13.8 Å². The summed E-state index contributed by atoms with van der Waals surface area (Å²) in [5.74, 6) is 1.09. The first-order chi connectivity index (χ1) is 27.8. The van der Waals surface area contributed by atoms with Crippen molar-refractivity contribution in [1.29, 1.82) is 0 Å². The van der Waals surface area contributed by atoms with E-state index in [0.29, 0.717) is 34.6 Å². The number of hydrogen-bond acceptors (Lipinski definition) is 11. The number of fused-ring (bicyclic) bond motifs is 1. The number of aliphatic hydroxyl groups is 3. The average Bonchev–Trinajstić information content (AvgIpc) is 3.24. The summed E-state index contributed by atoms with van der Waals surface area (Å²) in [6.45, 7) is 5.74. The van der Waals surface area contributed by atoms with Crippen molar-refractivity contribution >= 4 is 16.9 Å². The third-order valence-corrected chi connectivity index (χ3v) is 10.4. The molecule has 0 saturated heterocycles. The quantitative estimate of drug-likeness (QED) is 0.0528. The first-order valence-corrected chi connectivity index (χ1v) is 19.0. The van der Waals surface area contributed by atoms with Gasteiger partial charge in [-0.05, 0) is 89.3 Å². The molecule has 0 aliphatic heterocycles. The fourth-order valence-corrected chi connectivity index (χ4v) is 6.61. The summed E-state index contributed by atoms with van der Waals surface area (Å²) in [6, 6.07) is 38.0. The number of benzene rings is 5. The maximum Gasteiger partial charge on any atom is 0.351 e. The van der Waals surface area contributed by atoms with E-state index in [1.807, 2.05) is 67.6 Å². The number of carbonyl (C=O) groups excluding carboxylic acids is 1. The number of aromatic hydroxyl groups is 1. The molecule has 0 amide bonds. The van der Waals surface area contributed by atoms with Crippen molar-refractivity contribution < 1.29 is 48.6 Å². The second-order valence-corrected chi connectivity index (χ2v) is 14.9. The lowest BCUT2D eigenvalue weighted by Gasteiger charge is -2.31. The van der Waals surface area contributed by atoms with Crippen molar-refractivity contribution in [2.24, 2.45) is 0 Å². The molecule has 1 aromatic heterocycles. The highest BCUT2D eigenvalue weighted by atomic mass is 16.5. The molecule has 0 bridgehead atoms. The van der Waals surface area contributed by atoms with Gasteiger partial charge in [0.2, 0.25) is 0 Å². The molecular formula is C47H48O11. The Kier molecular flexibility index (Phi) is 13.2. The monoisotopic (exact) mass is 788 g/mol. The Morgan fingerprint density at radius 2 is 1.12 bits per heavy atom. The van der Waals surface area contributed by atoms with Gasteiger partial charge in [-0.15, -0.1) is 0 Å². The first-order valence-electron chi connectivity index (χ1n) is 19.0. The highest BCUT2D eigenvalue weighted by molar-refractivity contribution is 5.92. The van der Waals surface area contributed by atoms with Crippen LogP contribution in [0.4, 0.5) is 0 Å². The Labute approximate surface area is 336 Å². The number of phenols is 1. The highest BCUT2D eigenvalue weighted by Crippen LogP contribution is 2.37.